The molecule has 2 unspecified atom stereocenters. The van der Waals surface area contributed by atoms with Crippen LogP contribution in [0.25, 0.3) is 0 Å². The van der Waals surface area contributed by atoms with Crippen molar-refractivity contribution in [1.82, 2.24) is 10.2 Å². The molecule has 2 N–H and O–H groups in total. The van der Waals surface area contributed by atoms with E-state index in [1.165, 1.54) is 5.56 Å². The van der Waals surface area contributed by atoms with E-state index in [2.05, 4.69) is 17.4 Å². The molecule has 128 valence electrons. The number of aliphatic hydroxyl groups is 1. The summed E-state index contributed by atoms with van der Waals surface area (Å²) in [6.07, 6.45) is 0.746. The van der Waals surface area contributed by atoms with Gasteiger partial charge in [-0.3, -0.25) is 9.69 Å². The van der Waals surface area contributed by atoms with Crippen LogP contribution in [0.4, 0.5) is 0 Å². The predicted octanol–water partition coefficient (Wildman–Crippen LogP) is 2.40. The van der Waals surface area contributed by atoms with Crippen LogP contribution in [0.1, 0.15) is 24.1 Å². The quantitative estimate of drug-likeness (QED) is 0.783. The van der Waals surface area contributed by atoms with Gasteiger partial charge < -0.3 is 10.4 Å². The van der Waals surface area contributed by atoms with Gasteiger partial charge in [0.05, 0.1) is 19.2 Å². The second-order valence-corrected chi connectivity index (χ2v) is 6.17. The van der Waals surface area contributed by atoms with Gasteiger partial charge in [-0.2, -0.15) is 0 Å². The third-order valence-corrected chi connectivity index (χ3v) is 4.23. The maximum absolute atomic E-state index is 12.4. The van der Waals surface area contributed by atoms with E-state index in [0.717, 1.165) is 12.0 Å². The van der Waals surface area contributed by atoms with E-state index < -0.39 is 0 Å². The Bertz CT molecular complexity index is 616. The fraction of sp³-hybridized carbons (Fsp3) is 0.350. The molecule has 2 aromatic carbocycles. The summed E-state index contributed by atoms with van der Waals surface area (Å²) in [6, 6.07) is 20.1. The predicted molar refractivity (Wildman–Crippen MR) is 96.6 cm³/mol. The first-order valence-corrected chi connectivity index (χ1v) is 8.29. The monoisotopic (exact) mass is 326 g/mol. The lowest BCUT2D eigenvalue weighted by molar-refractivity contribution is -0.123. The van der Waals surface area contributed by atoms with Gasteiger partial charge in [0.1, 0.15) is 0 Å². The minimum absolute atomic E-state index is 0.0376. The van der Waals surface area contributed by atoms with Gasteiger partial charge >= 0.3 is 0 Å². The van der Waals surface area contributed by atoms with Gasteiger partial charge in [0.25, 0.3) is 0 Å². The SMILES string of the molecule is CC(CO)N(C)CC(=O)NC(Cc1ccccc1)c1ccccc1. The molecule has 0 radical (unpaired) electrons. The van der Waals surface area contributed by atoms with Gasteiger partial charge in [0, 0.05) is 6.04 Å². The van der Waals surface area contributed by atoms with Crippen molar-refractivity contribution in [1.29, 1.82) is 0 Å². The number of carbonyl (C=O) groups excluding carboxylic acids is 1. The Labute approximate surface area is 144 Å². The van der Waals surface area contributed by atoms with Crippen LogP contribution in [0.5, 0.6) is 0 Å². The van der Waals surface area contributed by atoms with Gasteiger partial charge in [-0.05, 0) is 31.5 Å². The van der Waals surface area contributed by atoms with Crippen LogP contribution in [0.15, 0.2) is 60.7 Å². The Morgan fingerprint density at radius 3 is 2.25 bits per heavy atom. The van der Waals surface area contributed by atoms with Gasteiger partial charge in [-0.1, -0.05) is 60.7 Å². The minimum atomic E-state index is -0.0704. The highest BCUT2D eigenvalue weighted by Crippen LogP contribution is 2.18. The number of likely N-dealkylation sites (N-methyl/N-ethyl adjacent to an activating group) is 1. The van der Waals surface area contributed by atoms with Crippen molar-refractivity contribution in [2.75, 3.05) is 20.2 Å². The first-order chi connectivity index (χ1) is 11.6. The van der Waals surface area contributed by atoms with Crippen molar-refractivity contribution in [3.63, 3.8) is 0 Å². The van der Waals surface area contributed by atoms with E-state index in [9.17, 15) is 9.90 Å². The van der Waals surface area contributed by atoms with Crippen molar-refractivity contribution in [2.45, 2.75) is 25.4 Å². The normalized spacial score (nSPS) is 13.5. The zero-order chi connectivity index (χ0) is 17.4. The Balaban J connectivity index is 2.07. The highest BCUT2D eigenvalue weighted by molar-refractivity contribution is 5.78. The van der Waals surface area contributed by atoms with Gasteiger partial charge in [-0.25, -0.2) is 0 Å². The molecule has 1 amide bonds. The summed E-state index contributed by atoms with van der Waals surface area (Å²) in [4.78, 5) is 14.3. The van der Waals surface area contributed by atoms with Crippen molar-refractivity contribution in [3.05, 3.63) is 71.8 Å². The summed E-state index contributed by atoms with van der Waals surface area (Å²) in [5.41, 5.74) is 2.27. The lowest BCUT2D eigenvalue weighted by Gasteiger charge is -2.25. The summed E-state index contributed by atoms with van der Waals surface area (Å²) in [5.74, 6) is -0.0393. The topological polar surface area (TPSA) is 52.6 Å². The van der Waals surface area contributed by atoms with E-state index in [0.29, 0.717) is 0 Å². The van der Waals surface area contributed by atoms with Crippen LogP contribution < -0.4 is 5.32 Å². The molecule has 4 nitrogen and oxygen atoms in total. The highest BCUT2D eigenvalue weighted by atomic mass is 16.3. The van der Waals surface area contributed by atoms with Crippen molar-refractivity contribution in [2.24, 2.45) is 0 Å². The van der Waals surface area contributed by atoms with Crippen LogP contribution in [0.3, 0.4) is 0 Å². The molecule has 0 spiro atoms. The molecule has 0 aliphatic heterocycles. The number of rotatable bonds is 8. The van der Waals surface area contributed by atoms with E-state index >= 15 is 0 Å². The molecule has 4 heteroatoms. The first kappa shape index (κ1) is 18.2. The largest absolute Gasteiger partial charge is 0.395 e. The molecule has 2 aromatic rings. The van der Waals surface area contributed by atoms with Crippen LogP contribution in [-0.4, -0.2) is 42.2 Å². The summed E-state index contributed by atoms with van der Waals surface area (Å²) >= 11 is 0. The second kappa shape index (κ2) is 9.21. The molecule has 24 heavy (non-hydrogen) atoms. The molecular formula is C20H26N2O2. The first-order valence-electron chi connectivity index (χ1n) is 8.29. The smallest absolute Gasteiger partial charge is 0.234 e. The maximum Gasteiger partial charge on any atom is 0.234 e. The van der Waals surface area contributed by atoms with Gasteiger partial charge in [0.15, 0.2) is 0 Å². The third-order valence-electron chi connectivity index (χ3n) is 4.23. The fourth-order valence-corrected chi connectivity index (χ4v) is 2.55. The molecular weight excluding hydrogens is 300 g/mol. The fourth-order valence-electron chi connectivity index (χ4n) is 2.55. The highest BCUT2D eigenvalue weighted by Gasteiger charge is 2.18. The summed E-state index contributed by atoms with van der Waals surface area (Å²) in [6.45, 7) is 2.20. The molecule has 0 bridgehead atoms. The number of amides is 1. The average Bonchev–Trinajstić information content (AvgIpc) is 2.62. The molecule has 0 saturated heterocycles. The standard InChI is InChI=1S/C20H26N2O2/c1-16(15-23)22(2)14-20(24)21-19(18-11-7-4-8-12-18)13-17-9-5-3-6-10-17/h3-12,16,19,23H,13-15H2,1-2H3,(H,21,24). The van der Waals surface area contributed by atoms with Crippen molar-refractivity contribution in [3.8, 4) is 0 Å². The molecule has 0 aliphatic rings. The zero-order valence-corrected chi connectivity index (χ0v) is 14.4. The Kier molecular flexibility index (Phi) is 6.97. The Morgan fingerprint density at radius 2 is 1.67 bits per heavy atom. The van der Waals surface area contributed by atoms with Crippen LogP contribution in [0, 0.1) is 0 Å². The molecule has 0 aromatic heterocycles. The number of aliphatic hydroxyl groups excluding tert-OH is 1. The molecule has 0 aliphatic carbocycles. The van der Waals surface area contributed by atoms with Crippen molar-refractivity contribution < 1.29 is 9.90 Å². The van der Waals surface area contributed by atoms with Gasteiger partial charge in [0.2, 0.25) is 5.91 Å². The van der Waals surface area contributed by atoms with Crippen LogP contribution in [-0.2, 0) is 11.2 Å². The number of benzene rings is 2. The molecule has 0 saturated carbocycles. The number of nitrogens with one attached hydrogen (secondary N) is 1. The lowest BCUT2D eigenvalue weighted by atomic mass is 9.99. The molecule has 0 fully saturated rings. The molecule has 2 atom stereocenters. The number of hydrogen-bond donors (Lipinski definition) is 2. The number of nitrogens with zero attached hydrogens (tertiary/aromatic N) is 1. The van der Waals surface area contributed by atoms with Crippen LogP contribution >= 0.6 is 0 Å². The maximum atomic E-state index is 12.4. The summed E-state index contributed by atoms with van der Waals surface area (Å²) in [7, 11) is 1.84. The van der Waals surface area contributed by atoms with E-state index in [1.54, 1.807) is 0 Å². The number of carbonyl (C=O) groups is 1. The summed E-state index contributed by atoms with van der Waals surface area (Å²) < 4.78 is 0. The summed E-state index contributed by atoms with van der Waals surface area (Å²) in [5, 5.41) is 12.3. The Morgan fingerprint density at radius 1 is 1.08 bits per heavy atom. The van der Waals surface area contributed by atoms with Crippen LogP contribution in [0.2, 0.25) is 0 Å². The zero-order valence-electron chi connectivity index (χ0n) is 14.4. The van der Waals surface area contributed by atoms with E-state index in [1.807, 2.05) is 67.4 Å². The Hall–Kier alpha value is -2.17. The molecule has 2 rings (SSSR count). The van der Waals surface area contributed by atoms with E-state index in [-0.39, 0.29) is 31.1 Å². The van der Waals surface area contributed by atoms with Gasteiger partial charge in [-0.15, -0.1) is 0 Å². The third kappa shape index (κ3) is 5.48. The minimum Gasteiger partial charge on any atom is -0.395 e. The molecule has 0 heterocycles. The van der Waals surface area contributed by atoms with E-state index in [4.69, 9.17) is 0 Å². The second-order valence-electron chi connectivity index (χ2n) is 6.17. The number of hydrogen-bond acceptors (Lipinski definition) is 3. The average molecular weight is 326 g/mol. The van der Waals surface area contributed by atoms with Crippen molar-refractivity contribution >= 4 is 5.91 Å². The lowest BCUT2D eigenvalue weighted by Crippen LogP contribution is -2.42.